The summed E-state index contributed by atoms with van der Waals surface area (Å²) in [5.41, 5.74) is 2.15. The van der Waals surface area contributed by atoms with Crippen LogP contribution in [0, 0.1) is 5.41 Å². The molecule has 1 aromatic rings. The lowest BCUT2D eigenvalue weighted by atomic mass is 9.84. The molecule has 0 saturated carbocycles. The van der Waals surface area contributed by atoms with Crippen molar-refractivity contribution in [2.24, 2.45) is 10.4 Å². The van der Waals surface area contributed by atoms with Crippen molar-refractivity contribution in [3.05, 3.63) is 29.8 Å². The van der Waals surface area contributed by atoms with Crippen LogP contribution in [0.4, 0.5) is 5.69 Å². The Labute approximate surface area is 183 Å². The van der Waals surface area contributed by atoms with E-state index in [0.29, 0.717) is 32.1 Å². The van der Waals surface area contributed by atoms with Crippen molar-refractivity contribution in [1.29, 1.82) is 0 Å². The van der Waals surface area contributed by atoms with Gasteiger partial charge in [-0.1, -0.05) is 18.2 Å². The zero-order valence-corrected chi connectivity index (χ0v) is 18.8. The number of nitrogens with one attached hydrogen (secondary N) is 2. The summed E-state index contributed by atoms with van der Waals surface area (Å²) in [6, 6.07) is 8.03. The molecule has 2 aliphatic heterocycles. The molecule has 0 bridgehead atoms. The average Bonchev–Trinajstić information content (AvgIpc) is 3.31. The number of amides is 1. The molecule has 8 heteroatoms. The van der Waals surface area contributed by atoms with E-state index in [2.05, 4.69) is 21.7 Å². The Kier molecular flexibility index (Phi) is 8.97. The first-order chi connectivity index (χ1) is 13.2. The van der Waals surface area contributed by atoms with Crippen LogP contribution in [0.3, 0.4) is 0 Å². The van der Waals surface area contributed by atoms with Gasteiger partial charge in [-0.25, -0.2) is 4.99 Å². The Hall–Kier alpha value is -1.39. The summed E-state index contributed by atoms with van der Waals surface area (Å²) in [5.74, 6) is 0.633. The monoisotopic (exact) mass is 502 g/mol. The molecule has 0 spiro atoms. The Morgan fingerprint density at radius 1 is 1.36 bits per heavy atom. The van der Waals surface area contributed by atoms with Gasteiger partial charge in [0.2, 0.25) is 5.91 Å². The van der Waals surface area contributed by atoms with Crippen molar-refractivity contribution < 1.29 is 14.6 Å². The van der Waals surface area contributed by atoms with Crippen molar-refractivity contribution in [3.8, 4) is 0 Å². The molecule has 1 fully saturated rings. The number of carbonyl (C=O) groups is 1. The number of nitrogens with zero attached hydrogens (tertiary/aromatic N) is 2. The second-order valence-corrected chi connectivity index (χ2v) is 7.25. The fourth-order valence-electron chi connectivity index (χ4n) is 3.75. The highest BCUT2D eigenvalue weighted by molar-refractivity contribution is 14.0. The molecule has 3 N–H and O–H groups in total. The highest BCUT2D eigenvalue weighted by Crippen LogP contribution is 2.31. The van der Waals surface area contributed by atoms with E-state index in [-0.39, 0.29) is 48.5 Å². The van der Waals surface area contributed by atoms with Crippen LogP contribution >= 0.6 is 24.0 Å². The largest absolute Gasteiger partial charge is 0.396 e. The summed E-state index contributed by atoms with van der Waals surface area (Å²) < 4.78 is 5.53. The summed E-state index contributed by atoms with van der Waals surface area (Å²) in [6.07, 6.45) is 2.51. The standard InChI is InChI=1S/C20H30N4O3.HI/c1-2-21-19(23-14-20(8-11-25)9-12-27-15-20)22-13-18(26)24-10-7-16-5-3-4-6-17(16)24;/h3-6,25H,2,7-15H2,1H3,(H2,21,22,23);1H. The van der Waals surface area contributed by atoms with E-state index in [0.717, 1.165) is 31.7 Å². The Bertz CT molecular complexity index is 677. The number of hydrogen-bond acceptors (Lipinski definition) is 4. The highest BCUT2D eigenvalue weighted by atomic mass is 127. The molecule has 0 aromatic heterocycles. The number of guanidine groups is 1. The van der Waals surface area contributed by atoms with Gasteiger partial charge >= 0.3 is 0 Å². The van der Waals surface area contributed by atoms with Crippen LogP contribution < -0.4 is 15.5 Å². The fraction of sp³-hybridized carbons (Fsp3) is 0.600. The minimum Gasteiger partial charge on any atom is -0.396 e. The summed E-state index contributed by atoms with van der Waals surface area (Å²) in [5, 5.41) is 15.9. The number of benzene rings is 1. The molecule has 28 heavy (non-hydrogen) atoms. The number of fused-ring (bicyclic) bond motifs is 1. The molecule has 1 amide bonds. The second kappa shape index (κ2) is 11.0. The molecule has 7 nitrogen and oxygen atoms in total. The minimum atomic E-state index is -0.0666. The van der Waals surface area contributed by atoms with E-state index in [9.17, 15) is 9.90 Å². The highest BCUT2D eigenvalue weighted by Gasteiger charge is 2.34. The third-order valence-electron chi connectivity index (χ3n) is 5.36. The number of ether oxygens (including phenoxy) is 1. The SMILES string of the molecule is CCNC(=NCC(=O)N1CCc2ccccc21)NCC1(CCO)CCOC1.I. The number of anilines is 1. The molecular weight excluding hydrogens is 471 g/mol. The number of carbonyl (C=O) groups excluding carboxylic acids is 1. The van der Waals surface area contributed by atoms with E-state index >= 15 is 0 Å². The van der Waals surface area contributed by atoms with E-state index in [1.54, 1.807) is 0 Å². The normalized spacial score (nSPS) is 21.2. The molecule has 156 valence electrons. The number of para-hydroxylation sites is 1. The minimum absolute atomic E-state index is 0. The maximum absolute atomic E-state index is 12.7. The topological polar surface area (TPSA) is 86.2 Å². The molecule has 0 radical (unpaired) electrons. The molecule has 1 unspecified atom stereocenters. The molecular formula is C20H31IN4O3. The molecule has 2 aliphatic rings. The Balaban J connectivity index is 0.00000280. The number of aliphatic imine (C=N–C) groups is 1. The van der Waals surface area contributed by atoms with E-state index in [1.807, 2.05) is 30.0 Å². The first-order valence-electron chi connectivity index (χ1n) is 9.76. The third kappa shape index (κ3) is 5.57. The predicted molar refractivity (Wildman–Crippen MR) is 121 cm³/mol. The molecule has 1 atom stereocenters. The zero-order valence-electron chi connectivity index (χ0n) is 16.4. The Morgan fingerprint density at radius 3 is 2.89 bits per heavy atom. The lowest BCUT2D eigenvalue weighted by molar-refractivity contribution is -0.117. The third-order valence-corrected chi connectivity index (χ3v) is 5.36. The lowest BCUT2D eigenvalue weighted by Gasteiger charge is -2.27. The van der Waals surface area contributed by atoms with Crippen LogP contribution in [-0.4, -0.2) is 63.0 Å². The van der Waals surface area contributed by atoms with Gasteiger partial charge in [-0.2, -0.15) is 0 Å². The van der Waals surface area contributed by atoms with Gasteiger partial charge in [0, 0.05) is 44.0 Å². The fourth-order valence-corrected chi connectivity index (χ4v) is 3.75. The second-order valence-electron chi connectivity index (χ2n) is 7.25. The first kappa shape index (κ1) is 22.9. The molecule has 2 heterocycles. The van der Waals surface area contributed by atoms with Crippen LogP contribution in [0.25, 0.3) is 0 Å². The van der Waals surface area contributed by atoms with Crippen LogP contribution in [0.5, 0.6) is 0 Å². The molecule has 1 saturated heterocycles. The van der Waals surface area contributed by atoms with Crippen LogP contribution in [0.2, 0.25) is 0 Å². The van der Waals surface area contributed by atoms with Crippen LogP contribution in [-0.2, 0) is 16.0 Å². The summed E-state index contributed by atoms with van der Waals surface area (Å²) in [7, 11) is 0. The number of rotatable bonds is 7. The van der Waals surface area contributed by atoms with Crippen LogP contribution in [0.15, 0.2) is 29.3 Å². The van der Waals surface area contributed by atoms with Crippen molar-refractivity contribution in [3.63, 3.8) is 0 Å². The Morgan fingerprint density at radius 2 is 2.18 bits per heavy atom. The quantitative estimate of drug-likeness (QED) is 0.299. The van der Waals surface area contributed by atoms with Crippen LogP contribution in [0.1, 0.15) is 25.3 Å². The average molecular weight is 502 g/mol. The first-order valence-corrected chi connectivity index (χ1v) is 9.76. The summed E-state index contributed by atoms with van der Waals surface area (Å²) in [6.45, 7) is 5.72. The lowest BCUT2D eigenvalue weighted by Crippen LogP contribution is -2.45. The summed E-state index contributed by atoms with van der Waals surface area (Å²) in [4.78, 5) is 19.0. The summed E-state index contributed by atoms with van der Waals surface area (Å²) >= 11 is 0. The maximum Gasteiger partial charge on any atom is 0.248 e. The smallest absolute Gasteiger partial charge is 0.248 e. The van der Waals surface area contributed by atoms with Gasteiger partial charge in [0.25, 0.3) is 0 Å². The van der Waals surface area contributed by atoms with Gasteiger partial charge in [-0.15, -0.1) is 24.0 Å². The van der Waals surface area contributed by atoms with E-state index < -0.39 is 0 Å². The van der Waals surface area contributed by atoms with Crippen molar-refractivity contribution in [2.45, 2.75) is 26.2 Å². The molecule has 3 rings (SSSR count). The van der Waals surface area contributed by atoms with Gasteiger partial charge in [-0.05, 0) is 37.8 Å². The number of hydrogen-bond donors (Lipinski definition) is 3. The van der Waals surface area contributed by atoms with Crippen molar-refractivity contribution in [1.82, 2.24) is 10.6 Å². The van der Waals surface area contributed by atoms with Gasteiger partial charge in [0.1, 0.15) is 6.54 Å². The number of aliphatic hydroxyl groups is 1. The van der Waals surface area contributed by atoms with Gasteiger partial charge in [0.05, 0.1) is 6.61 Å². The zero-order chi connectivity index (χ0) is 19.1. The van der Waals surface area contributed by atoms with Crippen molar-refractivity contribution >= 4 is 41.5 Å². The predicted octanol–water partition coefficient (Wildman–Crippen LogP) is 1.54. The van der Waals surface area contributed by atoms with Gasteiger partial charge < -0.3 is 25.4 Å². The number of aliphatic hydroxyl groups excluding tert-OH is 1. The van der Waals surface area contributed by atoms with Gasteiger partial charge in [-0.3, -0.25) is 4.79 Å². The molecule has 1 aromatic carbocycles. The molecule has 0 aliphatic carbocycles. The number of halogens is 1. The van der Waals surface area contributed by atoms with E-state index in [1.165, 1.54) is 5.56 Å². The van der Waals surface area contributed by atoms with E-state index in [4.69, 9.17) is 4.74 Å². The van der Waals surface area contributed by atoms with Gasteiger partial charge in [0.15, 0.2) is 5.96 Å². The van der Waals surface area contributed by atoms with Crippen molar-refractivity contribution in [2.75, 3.05) is 50.9 Å². The maximum atomic E-state index is 12.7.